The van der Waals surface area contributed by atoms with Gasteiger partial charge in [0, 0.05) is 0 Å². The Balaban J connectivity index is 2.31. The third kappa shape index (κ3) is 2.70. The number of carbonyl (C=O) groups is 1. The molecule has 0 saturated carbocycles. The molecule has 0 aliphatic heterocycles. The summed E-state index contributed by atoms with van der Waals surface area (Å²) in [6, 6.07) is 10.5. The Hall–Kier alpha value is -0.851. The molecular formula is C15H18OSe. The van der Waals surface area contributed by atoms with Crippen LogP contribution in [0.15, 0.2) is 34.8 Å². The number of Topliss-reactive ketones (excluding diaryl/α,β-unsaturated/α-hetero) is 1. The summed E-state index contributed by atoms with van der Waals surface area (Å²) in [7, 11) is 0. The average Bonchev–Trinajstić information content (AvgIpc) is 2.25. The fourth-order valence-electron chi connectivity index (χ4n) is 2.11. The molecule has 1 aliphatic carbocycles. The van der Waals surface area contributed by atoms with Crippen LogP contribution in [0.1, 0.15) is 32.8 Å². The van der Waals surface area contributed by atoms with Gasteiger partial charge in [-0.15, -0.1) is 0 Å². The molecule has 2 heteroatoms. The SMILES string of the molecule is CC(=O)C1CC(c2ccccc2)=C1[Se]C(C)C. The maximum absolute atomic E-state index is 11.6. The van der Waals surface area contributed by atoms with Crippen LogP contribution in [0.3, 0.4) is 0 Å². The van der Waals surface area contributed by atoms with Gasteiger partial charge in [0.05, 0.1) is 0 Å². The van der Waals surface area contributed by atoms with Crippen molar-refractivity contribution in [1.82, 2.24) is 0 Å². The summed E-state index contributed by atoms with van der Waals surface area (Å²) in [5.41, 5.74) is 2.74. The molecule has 1 aromatic carbocycles. The van der Waals surface area contributed by atoms with Gasteiger partial charge in [-0.2, -0.15) is 0 Å². The predicted molar refractivity (Wildman–Crippen MR) is 73.0 cm³/mol. The van der Waals surface area contributed by atoms with Gasteiger partial charge in [0.25, 0.3) is 0 Å². The fraction of sp³-hybridized carbons (Fsp3) is 0.400. The zero-order valence-electron chi connectivity index (χ0n) is 10.6. The van der Waals surface area contributed by atoms with E-state index in [1.54, 1.807) is 6.92 Å². The Kier molecular flexibility index (Phi) is 3.86. The van der Waals surface area contributed by atoms with Crippen LogP contribution in [0.25, 0.3) is 5.57 Å². The number of benzene rings is 1. The van der Waals surface area contributed by atoms with Gasteiger partial charge < -0.3 is 0 Å². The number of allylic oxidation sites excluding steroid dienone is 2. The van der Waals surface area contributed by atoms with Gasteiger partial charge in [0.2, 0.25) is 0 Å². The van der Waals surface area contributed by atoms with Crippen LogP contribution in [0, 0.1) is 5.92 Å². The van der Waals surface area contributed by atoms with Crippen LogP contribution in [-0.4, -0.2) is 20.7 Å². The van der Waals surface area contributed by atoms with Crippen molar-refractivity contribution >= 4 is 26.3 Å². The molecule has 0 saturated heterocycles. The van der Waals surface area contributed by atoms with E-state index in [9.17, 15) is 4.79 Å². The van der Waals surface area contributed by atoms with Crippen molar-refractivity contribution in [2.24, 2.45) is 5.92 Å². The molecule has 0 aromatic heterocycles. The van der Waals surface area contributed by atoms with E-state index in [0.29, 0.717) is 25.6 Å². The van der Waals surface area contributed by atoms with E-state index in [1.807, 2.05) is 6.07 Å². The number of hydrogen-bond donors (Lipinski definition) is 0. The second-order valence-corrected chi connectivity index (χ2v) is 8.14. The molecule has 0 radical (unpaired) electrons. The number of hydrogen-bond acceptors (Lipinski definition) is 1. The van der Waals surface area contributed by atoms with Gasteiger partial charge in [-0.25, -0.2) is 0 Å². The topological polar surface area (TPSA) is 17.1 Å². The van der Waals surface area contributed by atoms with Gasteiger partial charge in [0.1, 0.15) is 0 Å². The van der Waals surface area contributed by atoms with E-state index in [-0.39, 0.29) is 5.92 Å². The van der Waals surface area contributed by atoms with Crippen LogP contribution in [-0.2, 0) is 4.79 Å². The van der Waals surface area contributed by atoms with E-state index in [2.05, 4.69) is 38.1 Å². The summed E-state index contributed by atoms with van der Waals surface area (Å²) in [5.74, 6) is 0.551. The molecule has 0 bridgehead atoms. The third-order valence-corrected chi connectivity index (χ3v) is 5.63. The summed E-state index contributed by atoms with van der Waals surface area (Å²) in [5, 5.41) is 0. The zero-order valence-corrected chi connectivity index (χ0v) is 12.3. The molecule has 1 aromatic rings. The predicted octanol–water partition coefficient (Wildman–Crippen LogP) is 3.54. The van der Waals surface area contributed by atoms with Crippen LogP contribution in [0.4, 0.5) is 0 Å². The van der Waals surface area contributed by atoms with Gasteiger partial charge in [0.15, 0.2) is 0 Å². The van der Waals surface area contributed by atoms with Gasteiger partial charge in [-0.3, -0.25) is 0 Å². The Morgan fingerprint density at radius 2 is 1.94 bits per heavy atom. The molecule has 0 amide bonds. The molecule has 0 fully saturated rings. The van der Waals surface area contributed by atoms with Crippen molar-refractivity contribution in [3.63, 3.8) is 0 Å². The van der Waals surface area contributed by atoms with E-state index in [4.69, 9.17) is 0 Å². The Bertz CT molecular complexity index is 445. The second kappa shape index (κ2) is 5.20. The summed E-state index contributed by atoms with van der Waals surface area (Å²) >= 11 is 0.458. The van der Waals surface area contributed by atoms with Crippen molar-refractivity contribution in [1.29, 1.82) is 0 Å². The van der Waals surface area contributed by atoms with E-state index < -0.39 is 0 Å². The molecular weight excluding hydrogens is 275 g/mol. The monoisotopic (exact) mass is 294 g/mol. The normalized spacial score (nSPS) is 19.4. The second-order valence-electron chi connectivity index (χ2n) is 4.74. The van der Waals surface area contributed by atoms with Crippen LogP contribution >= 0.6 is 0 Å². The molecule has 2 rings (SSSR count). The Morgan fingerprint density at radius 1 is 1.29 bits per heavy atom. The first-order valence-electron chi connectivity index (χ1n) is 6.05. The average molecular weight is 293 g/mol. The first-order chi connectivity index (χ1) is 8.09. The summed E-state index contributed by atoms with van der Waals surface area (Å²) in [4.78, 5) is 12.2. The van der Waals surface area contributed by atoms with Crippen molar-refractivity contribution in [3.05, 3.63) is 40.4 Å². The van der Waals surface area contributed by atoms with Crippen LogP contribution in [0.2, 0.25) is 4.82 Å². The molecule has 1 nitrogen and oxygen atoms in total. The van der Waals surface area contributed by atoms with Crippen LogP contribution in [0.5, 0.6) is 0 Å². The van der Waals surface area contributed by atoms with Gasteiger partial charge in [-0.05, 0) is 0 Å². The molecule has 0 spiro atoms. The summed E-state index contributed by atoms with van der Waals surface area (Å²) in [6.07, 6.45) is 0.948. The minimum absolute atomic E-state index is 0.215. The summed E-state index contributed by atoms with van der Waals surface area (Å²) < 4.78 is 1.44. The first-order valence-corrected chi connectivity index (χ1v) is 7.89. The van der Waals surface area contributed by atoms with E-state index in [1.165, 1.54) is 15.6 Å². The van der Waals surface area contributed by atoms with Crippen molar-refractivity contribution in [2.75, 3.05) is 0 Å². The molecule has 17 heavy (non-hydrogen) atoms. The fourth-order valence-corrected chi connectivity index (χ4v) is 4.77. The van der Waals surface area contributed by atoms with Gasteiger partial charge >= 0.3 is 109 Å². The molecule has 1 unspecified atom stereocenters. The van der Waals surface area contributed by atoms with Crippen LogP contribution < -0.4 is 0 Å². The Morgan fingerprint density at radius 3 is 2.47 bits per heavy atom. The van der Waals surface area contributed by atoms with Gasteiger partial charge in [-0.1, -0.05) is 0 Å². The van der Waals surface area contributed by atoms with E-state index >= 15 is 0 Å². The quantitative estimate of drug-likeness (QED) is 0.776. The third-order valence-electron chi connectivity index (χ3n) is 3.00. The molecule has 0 heterocycles. The number of carbonyl (C=O) groups excluding carboxylic acids is 1. The molecule has 90 valence electrons. The molecule has 1 atom stereocenters. The number of rotatable bonds is 4. The van der Waals surface area contributed by atoms with Crippen molar-refractivity contribution < 1.29 is 4.79 Å². The Labute approximate surface area is 109 Å². The molecule has 1 aliphatic rings. The summed E-state index contributed by atoms with van der Waals surface area (Å²) in [6.45, 7) is 6.21. The van der Waals surface area contributed by atoms with E-state index in [0.717, 1.165) is 6.42 Å². The molecule has 0 N–H and O–H groups in total. The minimum atomic E-state index is 0.215. The first kappa shape index (κ1) is 12.6. The standard InChI is InChI=1S/C15H18OSe/c1-10(2)17-15-13(11(3)16)9-14(15)12-7-5-4-6-8-12/h4-8,10,13H,9H2,1-3H3. The zero-order chi connectivity index (χ0) is 12.4. The maximum atomic E-state index is 11.6. The van der Waals surface area contributed by atoms with Crippen molar-refractivity contribution in [2.45, 2.75) is 32.0 Å². The van der Waals surface area contributed by atoms with Crippen molar-refractivity contribution in [3.8, 4) is 0 Å². The number of ketones is 1.